The van der Waals surface area contributed by atoms with Crippen LogP contribution in [0.2, 0.25) is 5.28 Å². The molecule has 10 heteroatoms. The van der Waals surface area contributed by atoms with Gasteiger partial charge in [-0.25, -0.2) is 15.0 Å². The Balaban J connectivity index is 2.11. The van der Waals surface area contributed by atoms with E-state index in [-0.39, 0.29) is 22.3 Å². The zero-order chi connectivity index (χ0) is 14.4. The summed E-state index contributed by atoms with van der Waals surface area (Å²) in [6.07, 6.45) is -3.22. The predicted molar refractivity (Wildman–Crippen MR) is 67.8 cm³/mol. The van der Waals surface area contributed by atoms with Crippen LogP contribution < -0.4 is 5.73 Å². The maximum absolute atomic E-state index is 10.0. The minimum absolute atomic E-state index is 0.0120. The lowest BCUT2D eigenvalue weighted by molar-refractivity contribution is -0.0509. The first-order valence-electron chi connectivity index (χ1n) is 5.81. The number of fused-ring (bicyclic) bond motifs is 1. The Morgan fingerprint density at radius 3 is 2.75 bits per heavy atom. The summed E-state index contributed by atoms with van der Waals surface area (Å²) in [5, 5.41) is 28.9. The number of nitrogens with zero attached hydrogens (tertiary/aromatic N) is 4. The third-order valence-electron chi connectivity index (χ3n) is 3.23. The minimum atomic E-state index is -1.28. The van der Waals surface area contributed by atoms with Gasteiger partial charge in [-0.3, -0.25) is 4.57 Å². The number of nitrogens with two attached hydrogens (primary N) is 1. The fourth-order valence-corrected chi connectivity index (χ4v) is 2.48. The van der Waals surface area contributed by atoms with Gasteiger partial charge in [0, 0.05) is 0 Å². The number of anilines is 1. The van der Waals surface area contributed by atoms with Gasteiger partial charge in [-0.1, -0.05) is 0 Å². The van der Waals surface area contributed by atoms with Gasteiger partial charge in [-0.15, -0.1) is 0 Å². The number of aromatic nitrogens is 4. The van der Waals surface area contributed by atoms with Crippen molar-refractivity contribution in [2.24, 2.45) is 0 Å². The van der Waals surface area contributed by atoms with Crippen LogP contribution in [-0.2, 0) is 4.74 Å². The number of hydrogen-bond acceptors (Lipinski definition) is 8. The first-order chi connectivity index (χ1) is 9.54. The highest BCUT2D eigenvalue weighted by Gasteiger charge is 2.44. The molecule has 1 fully saturated rings. The van der Waals surface area contributed by atoms with Crippen LogP contribution in [-0.4, -0.2) is 59.8 Å². The van der Waals surface area contributed by atoms with E-state index >= 15 is 0 Å². The van der Waals surface area contributed by atoms with Crippen molar-refractivity contribution < 1.29 is 20.1 Å². The molecule has 1 saturated heterocycles. The van der Waals surface area contributed by atoms with Gasteiger partial charge in [-0.2, -0.15) is 0 Å². The number of nitrogen functional groups attached to an aromatic ring is 1. The molecule has 0 radical (unpaired) electrons. The lowest BCUT2D eigenvalue weighted by Crippen LogP contribution is -2.33. The molecule has 3 rings (SSSR count). The Morgan fingerprint density at radius 1 is 1.35 bits per heavy atom. The number of hydrogen-bond donors (Lipinski definition) is 4. The molecule has 0 saturated carbocycles. The molecule has 2 aromatic rings. The molecule has 0 aliphatic carbocycles. The number of aliphatic hydroxyl groups is 3. The van der Waals surface area contributed by atoms with Gasteiger partial charge in [0.25, 0.3) is 0 Å². The quantitative estimate of drug-likeness (QED) is 0.500. The van der Waals surface area contributed by atoms with Crippen molar-refractivity contribution in [2.75, 3.05) is 12.3 Å². The Hall–Kier alpha value is -1.52. The maximum Gasteiger partial charge on any atom is 0.207 e. The van der Waals surface area contributed by atoms with E-state index in [1.165, 1.54) is 10.9 Å². The van der Waals surface area contributed by atoms with Crippen molar-refractivity contribution in [3.05, 3.63) is 11.6 Å². The topological polar surface area (TPSA) is 140 Å². The second-order valence-corrected chi connectivity index (χ2v) is 4.75. The normalized spacial score (nSPS) is 30.2. The second-order valence-electron chi connectivity index (χ2n) is 4.41. The summed E-state index contributed by atoms with van der Waals surface area (Å²) >= 11 is 6.02. The highest BCUT2D eigenvalue weighted by molar-refractivity contribution is 6.29. The van der Waals surface area contributed by atoms with Crippen molar-refractivity contribution in [2.45, 2.75) is 24.5 Å². The molecular weight excluding hydrogens is 290 g/mol. The average molecular weight is 302 g/mol. The standard InChI is InChI=1S/C10H12ClN5O4/c11-10-15-4-7(12)13-2-14-8(4)16(10)9-6(19)5(18)3(1-17)20-9/h2-3,5-6,9,17-19H,1H2,(H2,12,13,14)/t3-,5-,6-,9+/m1/s1. The van der Waals surface area contributed by atoms with Crippen molar-refractivity contribution >= 4 is 28.6 Å². The van der Waals surface area contributed by atoms with Gasteiger partial charge in [-0.05, 0) is 11.6 Å². The third kappa shape index (κ3) is 1.83. The smallest absolute Gasteiger partial charge is 0.207 e. The molecule has 0 amide bonds. The van der Waals surface area contributed by atoms with Crippen LogP contribution in [0.4, 0.5) is 5.82 Å². The molecule has 0 unspecified atom stereocenters. The van der Waals surface area contributed by atoms with E-state index < -0.39 is 31.1 Å². The van der Waals surface area contributed by atoms with E-state index in [0.717, 1.165) is 0 Å². The van der Waals surface area contributed by atoms with Crippen LogP contribution in [0, 0.1) is 0 Å². The number of ether oxygens (including phenoxy) is 1. The Morgan fingerprint density at radius 2 is 2.10 bits per heavy atom. The molecule has 0 spiro atoms. The van der Waals surface area contributed by atoms with Crippen LogP contribution in [0.5, 0.6) is 0 Å². The summed E-state index contributed by atoms with van der Waals surface area (Å²) in [6, 6.07) is 0. The van der Waals surface area contributed by atoms with E-state index in [1.807, 2.05) is 0 Å². The number of halogens is 1. The lowest BCUT2D eigenvalue weighted by atomic mass is 10.1. The first-order valence-corrected chi connectivity index (χ1v) is 6.18. The Labute approximate surface area is 117 Å². The van der Waals surface area contributed by atoms with Gasteiger partial charge in [0.05, 0.1) is 6.61 Å². The second kappa shape index (κ2) is 4.79. The number of imidazole rings is 1. The highest BCUT2D eigenvalue weighted by atomic mass is 35.5. The SMILES string of the molecule is Nc1ncnc2c1nc(Cl)n2[C@H]1O[C@H](CO)[C@@H](O)[C@H]1O. The first kappa shape index (κ1) is 13.5. The van der Waals surface area contributed by atoms with E-state index in [2.05, 4.69) is 15.0 Å². The van der Waals surface area contributed by atoms with Crippen LogP contribution >= 0.6 is 11.6 Å². The number of rotatable bonds is 2. The van der Waals surface area contributed by atoms with Crippen molar-refractivity contribution in [1.29, 1.82) is 0 Å². The molecule has 9 nitrogen and oxygen atoms in total. The molecule has 1 aliphatic heterocycles. The zero-order valence-corrected chi connectivity index (χ0v) is 10.8. The van der Waals surface area contributed by atoms with E-state index in [0.29, 0.717) is 0 Å². The fourth-order valence-electron chi connectivity index (χ4n) is 2.22. The summed E-state index contributed by atoms with van der Waals surface area (Å²) in [5.41, 5.74) is 6.22. The molecule has 2 aromatic heterocycles. The van der Waals surface area contributed by atoms with Crippen molar-refractivity contribution in [3.63, 3.8) is 0 Å². The minimum Gasteiger partial charge on any atom is -0.394 e. The molecular formula is C10H12ClN5O4. The predicted octanol–water partition coefficient (Wildman–Crippen LogP) is -1.33. The van der Waals surface area contributed by atoms with Crippen LogP contribution in [0.15, 0.2) is 6.33 Å². The Bertz CT molecular complexity index is 650. The average Bonchev–Trinajstić information content (AvgIpc) is 2.90. The van der Waals surface area contributed by atoms with Gasteiger partial charge in [0.1, 0.15) is 24.6 Å². The fraction of sp³-hybridized carbons (Fsp3) is 0.500. The molecule has 3 heterocycles. The molecule has 4 atom stereocenters. The summed E-state index contributed by atoms with van der Waals surface area (Å²) in [4.78, 5) is 11.8. The van der Waals surface area contributed by atoms with Crippen LogP contribution in [0.25, 0.3) is 11.2 Å². The molecule has 5 N–H and O–H groups in total. The molecule has 0 bridgehead atoms. The zero-order valence-electron chi connectivity index (χ0n) is 10.1. The van der Waals surface area contributed by atoms with Crippen molar-refractivity contribution in [1.82, 2.24) is 19.5 Å². The van der Waals surface area contributed by atoms with Gasteiger partial charge >= 0.3 is 0 Å². The van der Waals surface area contributed by atoms with Crippen LogP contribution in [0.3, 0.4) is 0 Å². The summed E-state index contributed by atoms with van der Waals surface area (Å²) in [7, 11) is 0. The van der Waals surface area contributed by atoms with Crippen molar-refractivity contribution in [3.8, 4) is 0 Å². The summed E-state index contributed by atoms with van der Waals surface area (Å²) in [5.74, 6) is 0.141. The lowest BCUT2D eigenvalue weighted by Gasteiger charge is -2.17. The molecule has 1 aliphatic rings. The summed E-state index contributed by atoms with van der Waals surface area (Å²) in [6.45, 7) is -0.434. The Kier molecular flexibility index (Phi) is 3.22. The van der Waals surface area contributed by atoms with Gasteiger partial charge in [0.2, 0.25) is 5.28 Å². The maximum atomic E-state index is 10.0. The largest absolute Gasteiger partial charge is 0.394 e. The monoisotopic (exact) mass is 301 g/mol. The van der Waals surface area contributed by atoms with E-state index in [9.17, 15) is 10.2 Å². The molecule has 20 heavy (non-hydrogen) atoms. The van der Waals surface area contributed by atoms with E-state index in [1.54, 1.807) is 0 Å². The highest BCUT2D eigenvalue weighted by Crippen LogP contribution is 2.34. The van der Waals surface area contributed by atoms with Gasteiger partial charge in [0.15, 0.2) is 23.2 Å². The summed E-state index contributed by atoms with van der Waals surface area (Å²) < 4.78 is 6.70. The molecule has 0 aromatic carbocycles. The van der Waals surface area contributed by atoms with E-state index in [4.69, 9.17) is 27.2 Å². The van der Waals surface area contributed by atoms with Crippen LogP contribution in [0.1, 0.15) is 6.23 Å². The van der Waals surface area contributed by atoms with Gasteiger partial charge < -0.3 is 25.8 Å². The number of aliphatic hydroxyl groups excluding tert-OH is 3. The molecule has 108 valence electrons. The third-order valence-corrected chi connectivity index (χ3v) is 3.50.